The van der Waals surface area contributed by atoms with Crippen molar-refractivity contribution in [2.75, 3.05) is 13.1 Å². The van der Waals surface area contributed by atoms with E-state index >= 15 is 0 Å². The molecule has 0 aliphatic heterocycles. The third-order valence-electron chi connectivity index (χ3n) is 1.65. The first-order valence-corrected chi connectivity index (χ1v) is 3.71. The first-order chi connectivity index (χ1) is 4.79. The lowest BCUT2D eigenvalue weighted by Gasteiger charge is -1.98. The van der Waals surface area contributed by atoms with Crippen LogP contribution in [0.25, 0.3) is 0 Å². The van der Waals surface area contributed by atoms with Crippen molar-refractivity contribution in [1.29, 1.82) is 0 Å². The molecule has 0 heterocycles. The quantitative estimate of drug-likeness (QED) is 0.550. The fraction of sp³-hybridized carbons (Fsp3) is 0.857. The zero-order valence-electron chi connectivity index (χ0n) is 5.97. The average Bonchev–Trinajstić information content (AvgIpc) is 2.62. The van der Waals surface area contributed by atoms with Crippen molar-refractivity contribution in [3.63, 3.8) is 0 Å². The molecule has 0 radical (unpaired) electrons. The minimum atomic E-state index is -0.719. The van der Waals surface area contributed by atoms with E-state index in [1.54, 1.807) is 0 Å². The molecule has 10 heavy (non-hydrogen) atoms. The fourth-order valence-electron chi connectivity index (χ4n) is 0.823. The first-order valence-electron chi connectivity index (χ1n) is 3.71. The van der Waals surface area contributed by atoms with Crippen molar-refractivity contribution in [3.8, 4) is 0 Å². The number of carboxylic acids is 1. The summed E-state index contributed by atoms with van der Waals surface area (Å²) in [6, 6.07) is 0. The Labute approximate surface area is 60.4 Å². The van der Waals surface area contributed by atoms with E-state index in [2.05, 4.69) is 5.32 Å². The van der Waals surface area contributed by atoms with Crippen molar-refractivity contribution in [2.45, 2.75) is 19.3 Å². The highest BCUT2D eigenvalue weighted by atomic mass is 16.4. The molecular weight excluding hydrogens is 130 g/mol. The molecule has 58 valence electrons. The molecule has 1 saturated carbocycles. The maximum atomic E-state index is 10.0. The summed E-state index contributed by atoms with van der Waals surface area (Å²) in [5.41, 5.74) is 0. The van der Waals surface area contributed by atoms with Crippen molar-refractivity contribution < 1.29 is 9.90 Å². The number of aliphatic carboxylic acids is 1. The molecule has 1 aliphatic rings. The van der Waals surface area contributed by atoms with Gasteiger partial charge < -0.3 is 10.4 Å². The monoisotopic (exact) mass is 143 g/mol. The standard InChI is InChI=1S/C7H13NO2/c9-7(10)3-4-8-5-6-1-2-6/h6,8H,1-5H2,(H,9,10). The van der Waals surface area contributed by atoms with Gasteiger partial charge in [-0.15, -0.1) is 0 Å². The van der Waals surface area contributed by atoms with Crippen LogP contribution in [0.15, 0.2) is 0 Å². The van der Waals surface area contributed by atoms with Crippen LogP contribution >= 0.6 is 0 Å². The van der Waals surface area contributed by atoms with Crippen LogP contribution in [0.4, 0.5) is 0 Å². The van der Waals surface area contributed by atoms with Crippen molar-refractivity contribution in [2.24, 2.45) is 5.92 Å². The van der Waals surface area contributed by atoms with Crippen molar-refractivity contribution >= 4 is 5.97 Å². The second-order valence-electron chi connectivity index (χ2n) is 2.79. The van der Waals surface area contributed by atoms with E-state index in [1.165, 1.54) is 12.8 Å². The van der Waals surface area contributed by atoms with E-state index in [1.807, 2.05) is 0 Å². The third-order valence-corrected chi connectivity index (χ3v) is 1.65. The topological polar surface area (TPSA) is 49.3 Å². The highest BCUT2D eigenvalue weighted by molar-refractivity contribution is 5.66. The predicted molar refractivity (Wildman–Crippen MR) is 37.8 cm³/mol. The first kappa shape index (κ1) is 7.54. The molecule has 0 amide bonds. The van der Waals surface area contributed by atoms with Gasteiger partial charge in [-0.25, -0.2) is 0 Å². The molecule has 0 atom stereocenters. The minimum Gasteiger partial charge on any atom is -0.481 e. The SMILES string of the molecule is O=C(O)CCNCC1CC1. The number of carbonyl (C=O) groups is 1. The molecule has 1 fully saturated rings. The molecule has 0 spiro atoms. The summed E-state index contributed by atoms with van der Waals surface area (Å²) in [6.45, 7) is 1.62. The summed E-state index contributed by atoms with van der Waals surface area (Å²) < 4.78 is 0. The van der Waals surface area contributed by atoms with Gasteiger partial charge in [0.25, 0.3) is 0 Å². The number of carboxylic acid groups (broad SMARTS) is 1. The summed E-state index contributed by atoms with van der Waals surface area (Å²) in [6.07, 6.45) is 2.88. The molecule has 3 nitrogen and oxygen atoms in total. The summed E-state index contributed by atoms with van der Waals surface area (Å²) in [5.74, 6) is 0.122. The van der Waals surface area contributed by atoms with Crippen LogP contribution in [0.1, 0.15) is 19.3 Å². The van der Waals surface area contributed by atoms with Gasteiger partial charge in [0.1, 0.15) is 0 Å². The van der Waals surface area contributed by atoms with Crippen LogP contribution in [0.5, 0.6) is 0 Å². The Bertz CT molecular complexity index is 121. The van der Waals surface area contributed by atoms with Gasteiger partial charge in [-0.2, -0.15) is 0 Å². The van der Waals surface area contributed by atoms with Gasteiger partial charge in [-0.3, -0.25) is 4.79 Å². The lowest BCUT2D eigenvalue weighted by atomic mass is 10.4. The van der Waals surface area contributed by atoms with E-state index < -0.39 is 5.97 Å². The van der Waals surface area contributed by atoms with E-state index in [0.717, 1.165) is 12.5 Å². The van der Waals surface area contributed by atoms with E-state index in [9.17, 15) is 4.79 Å². The van der Waals surface area contributed by atoms with Crippen LogP contribution in [0.2, 0.25) is 0 Å². The summed E-state index contributed by atoms with van der Waals surface area (Å²) in [4.78, 5) is 10.0. The number of rotatable bonds is 5. The van der Waals surface area contributed by atoms with Gasteiger partial charge in [0.05, 0.1) is 6.42 Å². The normalized spacial score (nSPS) is 17.2. The summed E-state index contributed by atoms with van der Waals surface area (Å²) in [7, 11) is 0. The Balaban J connectivity index is 1.80. The zero-order valence-corrected chi connectivity index (χ0v) is 5.97. The van der Waals surface area contributed by atoms with Crippen LogP contribution in [0, 0.1) is 5.92 Å². The second-order valence-corrected chi connectivity index (χ2v) is 2.79. The summed E-state index contributed by atoms with van der Waals surface area (Å²) >= 11 is 0. The largest absolute Gasteiger partial charge is 0.481 e. The average molecular weight is 143 g/mol. The highest BCUT2D eigenvalue weighted by Crippen LogP contribution is 2.27. The maximum Gasteiger partial charge on any atom is 0.304 e. The molecule has 0 aromatic rings. The Hall–Kier alpha value is -0.570. The van der Waals surface area contributed by atoms with Crippen molar-refractivity contribution in [3.05, 3.63) is 0 Å². The molecular formula is C7H13NO2. The highest BCUT2D eigenvalue weighted by Gasteiger charge is 2.19. The molecule has 0 aromatic heterocycles. The lowest BCUT2D eigenvalue weighted by molar-refractivity contribution is -0.136. The van der Waals surface area contributed by atoms with Gasteiger partial charge in [0.2, 0.25) is 0 Å². The number of hydrogen-bond acceptors (Lipinski definition) is 2. The van der Waals surface area contributed by atoms with Gasteiger partial charge in [-0.05, 0) is 25.3 Å². The zero-order chi connectivity index (χ0) is 7.40. The third kappa shape index (κ3) is 3.45. The van der Waals surface area contributed by atoms with E-state index in [0.29, 0.717) is 6.54 Å². The molecule has 1 rings (SSSR count). The molecule has 0 bridgehead atoms. The minimum absolute atomic E-state index is 0.243. The Kier molecular flexibility index (Phi) is 2.68. The van der Waals surface area contributed by atoms with Crippen LogP contribution in [-0.4, -0.2) is 24.2 Å². The second kappa shape index (κ2) is 3.56. The van der Waals surface area contributed by atoms with E-state index in [4.69, 9.17) is 5.11 Å². The molecule has 1 aliphatic carbocycles. The fourth-order valence-corrected chi connectivity index (χ4v) is 0.823. The smallest absolute Gasteiger partial charge is 0.304 e. The van der Waals surface area contributed by atoms with Gasteiger partial charge in [0, 0.05) is 6.54 Å². The molecule has 3 heteroatoms. The number of nitrogens with one attached hydrogen (secondary N) is 1. The predicted octanol–water partition coefficient (Wildman–Crippen LogP) is 0.461. The van der Waals surface area contributed by atoms with Gasteiger partial charge in [-0.1, -0.05) is 0 Å². The Morgan fingerprint density at radius 2 is 2.30 bits per heavy atom. The van der Waals surface area contributed by atoms with Gasteiger partial charge in [0.15, 0.2) is 0 Å². The maximum absolute atomic E-state index is 10.0. The van der Waals surface area contributed by atoms with Gasteiger partial charge >= 0.3 is 5.97 Å². The number of hydrogen-bond donors (Lipinski definition) is 2. The van der Waals surface area contributed by atoms with Crippen LogP contribution in [-0.2, 0) is 4.79 Å². The van der Waals surface area contributed by atoms with Crippen LogP contribution in [0.3, 0.4) is 0 Å². The summed E-state index contributed by atoms with van der Waals surface area (Å²) in [5, 5.41) is 11.4. The Morgan fingerprint density at radius 3 is 2.80 bits per heavy atom. The molecule has 0 unspecified atom stereocenters. The molecule has 0 saturated heterocycles. The van der Waals surface area contributed by atoms with E-state index in [-0.39, 0.29) is 6.42 Å². The molecule has 2 N–H and O–H groups in total. The van der Waals surface area contributed by atoms with Crippen molar-refractivity contribution in [1.82, 2.24) is 5.32 Å². The lowest BCUT2D eigenvalue weighted by Crippen LogP contribution is -2.20. The Morgan fingerprint density at radius 1 is 1.60 bits per heavy atom. The van der Waals surface area contributed by atoms with Crippen LogP contribution < -0.4 is 5.32 Å². The molecule has 0 aromatic carbocycles.